The summed E-state index contributed by atoms with van der Waals surface area (Å²) in [5, 5.41) is 3.09. The van der Waals surface area contributed by atoms with E-state index in [-0.39, 0.29) is 11.6 Å². The van der Waals surface area contributed by atoms with E-state index in [1.54, 1.807) is 36.5 Å². The van der Waals surface area contributed by atoms with Gasteiger partial charge in [-0.05, 0) is 19.0 Å². The zero-order valence-electron chi connectivity index (χ0n) is 11.4. The zero-order chi connectivity index (χ0) is 14.8. The lowest BCUT2D eigenvalue weighted by atomic mass is 9.84. The summed E-state index contributed by atoms with van der Waals surface area (Å²) in [7, 11) is 0. The van der Waals surface area contributed by atoms with Gasteiger partial charge in [-0.25, -0.2) is 4.98 Å². The molecule has 1 aromatic heterocycles. The average molecular weight is 281 g/mol. The van der Waals surface area contributed by atoms with Crippen LogP contribution in [0.3, 0.4) is 0 Å². The van der Waals surface area contributed by atoms with Gasteiger partial charge in [-0.1, -0.05) is 24.3 Å². The van der Waals surface area contributed by atoms with E-state index >= 15 is 0 Å². The number of pyridine rings is 1. The zero-order valence-corrected chi connectivity index (χ0v) is 11.4. The molecule has 3 N–H and O–H groups in total. The number of anilines is 1. The van der Waals surface area contributed by atoms with Crippen LogP contribution >= 0.6 is 0 Å². The maximum atomic E-state index is 12.7. The lowest BCUT2D eigenvalue weighted by Gasteiger charge is -2.19. The van der Waals surface area contributed by atoms with Gasteiger partial charge in [0.15, 0.2) is 11.6 Å². The van der Waals surface area contributed by atoms with Crippen LogP contribution in [-0.2, 0) is 0 Å². The molecule has 0 atom stereocenters. The van der Waals surface area contributed by atoms with Crippen molar-refractivity contribution >= 4 is 17.4 Å². The molecule has 5 nitrogen and oxygen atoms in total. The smallest absolute Gasteiger partial charge is 0.198 e. The minimum atomic E-state index is -0.163. The van der Waals surface area contributed by atoms with Gasteiger partial charge < -0.3 is 11.1 Å². The minimum absolute atomic E-state index is 0.135. The minimum Gasteiger partial charge on any atom is -0.369 e. The number of rotatable bonds is 4. The fraction of sp³-hybridized carbons (Fsp3) is 0.188. The predicted molar refractivity (Wildman–Crippen MR) is 79.7 cm³/mol. The molecule has 2 aromatic rings. The van der Waals surface area contributed by atoms with Crippen molar-refractivity contribution in [2.24, 2.45) is 5.73 Å². The van der Waals surface area contributed by atoms with E-state index in [9.17, 15) is 9.59 Å². The Bertz CT molecular complexity index is 725. The normalized spacial score (nSPS) is 12.8. The Balaban J connectivity index is 2.08. The summed E-state index contributed by atoms with van der Waals surface area (Å²) in [5.74, 6) is 0.154. The fourth-order valence-corrected chi connectivity index (χ4v) is 2.48. The molecule has 1 aliphatic rings. The van der Waals surface area contributed by atoms with E-state index in [2.05, 4.69) is 10.3 Å². The number of benzene rings is 1. The number of carbonyl (C=O) groups excluding carboxylic acids is 2. The molecule has 0 amide bonds. The summed E-state index contributed by atoms with van der Waals surface area (Å²) < 4.78 is 0. The Hall–Kier alpha value is -2.53. The molecule has 0 aliphatic heterocycles. The lowest BCUT2D eigenvalue weighted by molar-refractivity contribution is 0.0979. The van der Waals surface area contributed by atoms with Crippen LogP contribution in [-0.4, -0.2) is 29.6 Å². The van der Waals surface area contributed by atoms with Crippen LogP contribution in [0.1, 0.15) is 38.3 Å². The third-order valence-electron chi connectivity index (χ3n) is 3.51. The summed E-state index contributed by atoms with van der Waals surface area (Å²) in [5.41, 5.74) is 7.12. The first-order valence-electron chi connectivity index (χ1n) is 6.85. The van der Waals surface area contributed by atoms with Crippen molar-refractivity contribution in [3.8, 4) is 0 Å². The lowest BCUT2D eigenvalue weighted by Crippen LogP contribution is -2.23. The Labute approximate surface area is 122 Å². The fourth-order valence-electron chi connectivity index (χ4n) is 2.48. The van der Waals surface area contributed by atoms with E-state index in [4.69, 9.17) is 5.73 Å². The largest absolute Gasteiger partial charge is 0.369 e. The molecule has 1 aromatic carbocycles. The molecule has 1 heterocycles. The molecular weight excluding hydrogens is 266 g/mol. The second-order valence-corrected chi connectivity index (χ2v) is 4.85. The molecule has 0 saturated carbocycles. The number of carbonyl (C=O) groups is 2. The van der Waals surface area contributed by atoms with Gasteiger partial charge in [0.2, 0.25) is 0 Å². The van der Waals surface area contributed by atoms with Crippen LogP contribution in [0, 0.1) is 0 Å². The second-order valence-electron chi connectivity index (χ2n) is 4.85. The standard InChI is InChI=1S/C16H15N3O2/c17-7-3-8-18-16-13-12(6-9-19-16)14(20)10-4-1-2-5-11(10)15(13)21/h1-2,4-6,9H,3,7-8,17H2,(H,18,19). The monoisotopic (exact) mass is 281 g/mol. The van der Waals surface area contributed by atoms with Crippen LogP contribution in [0.15, 0.2) is 36.5 Å². The molecule has 5 heteroatoms. The highest BCUT2D eigenvalue weighted by Gasteiger charge is 2.31. The predicted octanol–water partition coefficient (Wildman–Crippen LogP) is 1.62. The van der Waals surface area contributed by atoms with E-state index < -0.39 is 0 Å². The maximum Gasteiger partial charge on any atom is 0.198 e. The number of aromatic nitrogens is 1. The van der Waals surface area contributed by atoms with Crippen molar-refractivity contribution in [1.82, 2.24) is 4.98 Å². The van der Waals surface area contributed by atoms with Crippen molar-refractivity contribution in [3.63, 3.8) is 0 Å². The molecule has 0 fully saturated rings. The van der Waals surface area contributed by atoms with Gasteiger partial charge in [-0.3, -0.25) is 9.59 Å². The van der Waals surface area contributed by atoms with Crippen molar-refractivity contribution in [3.05, 3.63) is 58.8 Å². The number of nitrogens with two attached hydrogens (primary N) is 1. The van der Waals surface area contributed by atoms with Crippen LogP contribution in [0.25, 0.3) is 0 Å². The molecule has 0 saturated heterocycles. The summed E-state index contributed by atoms with van der Waals surface area (Å²) in [4.78, 5) is 29.4. The molecule has 0 bridgehead atoms. The van der Waals surface area contributed by atoms with Gasteiger partial charge in [0, 0.05) is 29.4 Å². The molecular formula is C16H15N3O2. The number of nitrogens with zero attached hydrogens (tertiary/aromatic N) is 1. The number of hydrogen-bond acceptors (Lipinski definition) is 5. The van der Waals surface area contributed by atoms with Crippen LogP contribution in [0.2, 0.25) is 0 Å². The Morgan fingerprint density at radius 2 is 1.71 bits per heavy atom. The van der Waals surface area contributed by atoms with Crippen LogP contribution < -0.4 is 11.1 Å². The van der Waals surface area contributed by atoms with Gasteiger partial charge in [0.1, 0.15) is 5.82 Å². The van der Waals surface area contributed by atoms with Gasteiger partial charge in [-0.2, -0.15) is 0 Å². The van der Waals surface area contributed by atoms with Gasteiger partial charge >= 0.3 is 0 Å². The first-order chi connectivity index (χ1) is 10.2. The van der Waals surface area contributed by atoms with Crippen LogP contribution in [0.5, 0.6) is 0 Å². The average Bonchev–Trinajstić information content (AvgIpc) is 2.53. The van der Waals surface area contributed by atoms with E-state index in [0.29, 0.717) is 41.2 Å². The van der Waals surface area contributed by atoms with E-state index in [1.807, 2.05) is 0 Å². The Morgan fingerprint density at radius 1 is 1.00 bits per heavy atom. The summed E-state index contributed by atoms with van der Waals surface area (Å²) in [6.07, 6.45) is 2.31. The molecule has 0 spiro atoms. The number of nitrogens with one attached hydrogen (secondary N) is 1. The highest BCUT2D eigenvalue weighted by atomic mass is 16.1. The van der Waals surface area contributed by atoms with Gasteiger partial charge in [0.05, 0.1) is 5.56 Å². The topological polar surface area (TPSA) is 85.1 Å². The molecule has 1 aliphatic carbocycles. The number of hydrogen-bond donors (Lipinski definition) is 2. The van der Waals surface area contributed by atoms with E-state index in [1.165, 1.54) is 0 Å². The highest BCUT2D eigenvalue weighted by Crippen LogP contribution is 2.30. The summed E-state index contributed by atoms with van der Waals surface area (Å²) in [6.45, 7) is 1.17. The van der Waals surface area contributed by atoms with Gasteiger partial charge in [-0.15, -0.1) is 0 Å². The summed E-state index contributed by atoms with van der Waals surface area (Å²) >= 11 is 0. The molecule has 0 radical (unpaired) electrons. The Kier molecular flexibility index (Phi) is 3.50. The quantitative estimate of drug-likeness (QED) is 0.710. The second kappa shape index (κ2) is 5.46. The molecule has 0 unspecified atom stereocenters. The van der Waals surface area contributed by atoms with Gasteiger partial charge in [0.25, 0.3) is 0 Å². The maximum absolute atomic E-state index is 12.7. The molecule has 3 rings (SSSR count). The first-order valence-corrected chi connectivity index (χ1v) is 6.85. The molecule has 106 valence electrons. The van der Waals surface area contributed by atoms with Crippen molar-refractivity contribution < 1.29 is 9.59 Å². The molecule has 21 heavy (non-hydrogen) atoms. The Morgan fingerprint density at radius 3 is 2.43 bits per heavy atom. The van der Waals surface area contributed by atoms with Crippen molar-refractivity contribution in [2.45, 2.75) is 6.42 Å². The third-order valence-corrected chi connectivity index (χ3v) is 3.51. The van der Waals surface area contributed by atoms with Crippen molar-refractivity contribution in [2.75, 3.05) is 18.4 Å². The van der Waals surface area contributed by atoms with E-state index in [0.717, 1.165) is 6.42 Å². The van der Waals surface area contributed by atoms with Crippen LogP contribution in [0.4, 0.5) is 5.82 Å². The summed E-state index contributed by atoms with van der Waals surface area (Å²) in [6, 6.07) is 8.47. The number of fused-ring (bicyclic) bond motifs is 2. The highest BCUT2D eigenvalue weighted by molar-refractivity contribution is 6.29. The SMILES string of the molecule is NCCCNc1nccc2c1C(=O)c1ccccc1C2=O. The first kappa shape index (κ1) is 13.5. The third kappa shape index (κ3) is 2.21. The number of ketones is 2. The van der Waals surface area contributed by atoms with Crippen molar-refractivity contribution in [1.29, 1.82) is 0 Å².